The number of rotatable bonds is 6. The lowest BCUT2D eigenvalue weighted by molar-refractivity contribution is 0.0950. The molecule has 0 bridgehead atoms. The van der Waals surface area contributed by atoms with Crippen molar-refractivity contribution in [3.05, 3.63) is 70.0 Å². The van der Waals surface area contributed by atoms with Gasteiger partial charge in [0, 0.05) is 23.0 Å². The minimum Gasteiger partial charge on any atom is -0.348 e. The molecule has 8 heteroatoms. The van der Waals surface area contributed by atoms with Gasteiger partial charge in [-0.25, -0.2) is 0 Å². The van der Waals surface area contributed by atoms with Crippen LogP contribution in [0.1, 0.15) is 35.1 Å². The van der Waals surface area contributed by atoms with E-state index >= 15 is 0 Å². The van der Waals surface area contributed by atoms with Crippen LogP contribution in [-0.2, 0) is 13.0 Å². The number of amides is 1. The largest absolute Gasteiger partial charge is 0.348 e. The van der Waals surface area contributed by atoms with Crippen LogP contribution in [0.2, 0.25) is 0 Å². The topological polar surface area (TPSA) is 72.2 Å². The summed E-state index contributed by atoms with van der Waals surface area (Å²) in [5.74, 6) is 0.792. The Kier molecular flexibility index (Phi) is 5.50. The summed E-state index contributed by atoms with van der Waals surface area (Å²) < 4.78 is 2.61. The first kappa shape index (κ1) is 18.8. The van der Waals surface area contributed by atoms with Crippen molar-refractivity contribution < 1.29 is 4.79 Å². The molecule has 2 aromatic heterocycles. The average Bonchev–Trinajstić information content (AvgIpc) is 3.29. The van der Waals surface area contributed by atoms with Gasteiger partial charge in [-0.15, -0.1) is 10.2 Å². The Morgan fingerprint density at radius 3 is 2.68 bits per heavy atom. The van der Waals surface area contributed by atoms with E-state index in [9.17, 15) is 4.79 Å². The maximum absolute atomic E-state index is 12.3. The van der Waals surface area contributed by atoms with E-state index in [0.717, 1.165) is 44.2 Å². The van der Waals surface area contributed by atoms with Gasteiger partial charge in [-0.05, 0) is 40.0 Å². The monoisotopic (exact) mass is 455 g/mol. The van der Waals surface area contributed by atoms with E-state index in [2.05, 4.69) is 43.5 Å². The zero-order chi connectivity index (χ0) is 19.5. The molecule has 0 atom stereocenters. The second kappa shape index (κ2) is 8.20. The van der Waals surface area contributed by atoms with Crippen molar-refractivity contribution in [1.82, 2.24) is 25.1 Å². The van der Waals surface area contributed by atoms with E-state index < -0.39 is 0 Å². The predicted molar refractivity (Wildman–Crippen MR) is 113 cm³/mol. The van der Waals surface area contributed by atoms with Crippen LogP contribution >= 0.6 is 27.3 Å². The minimum absolute atomic E-state index is 0.103. The van der Waals surface area contributed by atoms with Gasteiger partial charge in [0.1, 0.15) is 5.01 Å². The summed E-state index contributed by atoms with van der Waals surface area (Å²) in [6, 6.07) is 15.4. The molecule has 6 nitrogen and oxygen atoms in total. The molecule has 28 heavy (non-hydrogen) atoms. The zero-order valence-corrected chi connectivity index (χ0v) is 17.6. The molecule has 4 aromatic rings. The maximum Gasteiger partial charge on any atom is 0.252 e. The molecule has 0 radical (unpaired) electrons. The van der Waals surface area contributed by atoms with Gasteiger partial charge in [-0.1, -0.05) is 54.7 Å². The standard InChI is InChI=1S/C20H18BrN5OS/c1-2-5-17-23-24-20-26(17)25-19(28-20)14-10-8-13(9-11-14)12-22-18(27)15-6-3-4-7-16(15)21/h3-4,6-11H,2,5,12H2,1H3,(H,22,27). The Bertz CT molecular complexity index is 1120. The summed E-state index contributed by atoms with van der Waals surface area (Å²) in [4.78, 5) is 13.1. The third kappa shape index (κ3) is 3.83. The van der Waals surface area contributed by atoms with Gasteiger partial charge < -0.3 is 5.32 Å². The summed E-state index contributed by atoms with van der Waals surface area (Å²) in [6.45, 7) is 2.58. The Labute approximate surface area is 174 Å². The van der Waals surface area contributed by atoms with Gasteiger partial charge >= 0.3 is 0 Å². The van der Waals surface area contributed by atoms with Gasteiger partial charge in [0.15, 0.2) is 5.82 Å². The van der Waals surface area contributed by atoms with E-state index in [1.165, 1.54) is 11.3 Å². The lowest BCUT2D eigenvalue weighted by Crippen LogP contribution is -2.23. The molecule has 0 saturated heterocycles. The molecule has 1 amide bonds. The molecular weight excluding hydrogens is 438 g/mol. The molecule has 0 aliphatic rings. The SMILES string of the molecule is CCCc1nnc2sc(-c3ccc(CNC(=O)c4ccccc4Br)cc3)nn12. The molecule has 1 N–H and O–H groups in total. The van der Waals surface area contributed by atoms with Crippen molar-refractivity contribution in [3.8, 4) is 10.6 Å². The second-order valence-corrected chi connectivity index (χ2v) is 8.14. The lowest BCUT2D eigenvalue weighted by Gasteiger charge is -2.07. The second-order valence-electron chi connectivity index (χ2n) is 6.33. The van der Waals surface area contributed by atoms with E-state index in [-0.39, 0.29) is 5.91 Å². The number of nitrogens with one attached hydrogen (secondary N) is 1. The molecule has 0 saturated carbocycles. The Morgan fingerprint density at radius 2 is 1.93 bits per heavy atom. The van der Waals surface area contributed by atoms with Crippen LogP contribution in [0.25, 0.3) is 15.5 Å². The minimum atomic E-state index is -0.103. The van der Waals surface area contributed by atoms with Crippen LogP contribution in [0.3, 0.4) is 0 Å². The fraction of sp³-hybridized carbons (Fsp3) is 0.200. The van der Waals surface area contributed by atoms with E-state index in [0.29, 0.717) is 12.1 Å². The van der Waals surface area contributed by atoms with Crippen LogP contribution in [-0.4, -0.2) is 25.7 Å². The van der Waals surface area contributed by atoms with Crippen molar-refractivity contribution >= 4 is 38.1 Å². The smallest absolute Gasteiger partial charge is 0.252 e. The molecular formula is C20H18BrN5OS. The molecule has 0 spiro atoms. The first-order chi connectivity index (χ1) is 13.7. The van der Waals surface area contributed by atoms with Gasteiger partial charge in [0.25, 0.3) is 5.91 Å². The van der Waals surface area contributed by atoms with Gasteiger partial charge in [-0.2, -0.15) is 9.61 Å². The predicted octanol–water partition coefficient (Wildman–Crippen LogP) is 4.50. The third-order valence-corrected chi connectivity index (χ3v) is 5.94. The molecule has 0 aliphatic carbocycles. The molecule has 0 fully saturated rings. The Hall–Kier alpha value is -2.58. The van der Waals surface area contributed by atoms with Crippen LogP contribution in [0.15, 0.2) is 53.0 Å². The Balaban J connectivity index is 1.45. The normalized spacial score (nSPS) is 11.1. The fourth-order valence-electron chi connectivity index (χ4n) is 2.84. The first-order valence-corrected chi connectivity index (χ1v) is 10.6. The number of benzene rings is 2. The van der Waals surface area contributed by atoms with Crippen molar-refractivity contribution in [2.75, 3.05) is 0 Å². The number of carbonyl (C=O) groups excluding carboxylic acids is 1. The third-order valence-electron chi connectivity index (χ3n) is 4.30. The van der Waals surface area contributed by atoms with E-state index in [1.807, 2.05) is 47.0 Å². The average molecular weight is 456 g/mol. The molecule has 142 valence electrons. The lowest BCUT2D eigenvalue weighted by atomic mass is 10.1. The Morgan fingerprint density at radius 1 is 1.14 bits per heavy atom. The highest BCUT2D eigenvalue weighted by atomic mass is 79.9. The van der Waals surface area contributed by atoms with Crippen molar-refractivity contribution in [3.63, 3.8) is 0 Å². The highest BCUT2D eigenvalue weighted by Gasteiger charge is 2.13. The number of fused-ring (bicyclic) bond motifs is 1. The number of hydrogen-bond donors (Lipinski definition) is 1. The molecule has 0 aliphatic heterocycles. The number of aromatic nitrogens is 4. The maximum atomic E-state index is 12.3. The summed E-state index contributed by atoms with van der Waals surface area (Å²) in [5, 5.41) is 16.9. The van der Waals surface area contributed by atoms with Crippen LogP contribution in [0, 0.1) is 0 Å². The summed E-state index contributed by atoms with van der Waals surface area (Å²) >= 11 is 4.93. The number of carbonyl (C=O) groups is 1. The van der Waals surface area contributed by atoms with E-state index in [4.69, 9.17) is 0 Å². The summed E-state index contributed by atoms with van der Waals surface area (Å²) in [6.07, 6.45) is 1.87. The zero-order valence-electron chi connectivity index (χ0n) is 15.2. The van der Waals surface area contributed by atoms with Crippen LogP contribution in [0.5, 0.6) is 0 Å². The molecule has 0 unspecified atom stereocenters. The molecule has 2 heterocycles. The van der Waals surface area contributed by atoms with Gasteiger partial charge in [-0.3, -0.25) is 4.79 Å². The number of halogens is 1. The fourth-order valence-corrected chi connectivity index (χ4v) is 4.17. The summed E-state index contributed by atoms with van der Waals surface area (Å²) in [5.41, 5.74) is 2.68. The quantitative estimate of drug-likeness (QED) is 0.464. The highest BCUT2D eigenvalue weighted by molar-refractivity contribution is 9.10. The molecule has 2 aromatic carbocycles. The van der Waals surface area contributed by atoms with Crippen LogP contribution < -0.4 is 5.32 Å². The van der Waals surface area contributed by atoms with Gasteiger partial charge in [0.05, 0.1) is 5.56 Å². The molecule has 4 rings (SSSR count). The van der Waals surface area contributed by atoms with Crippen molar-refractivity contribution in [1.29, 1.82) is 0 Å². The number of aryl methyl sites for hydroxylation is 1. The highest BCUT2D eigenvalue weighted by Crippen LogP contribution is 2.26. The van der Waals surface area contributed by atoms with Crippen LogP contribution in [0.4, 0.5) is 0 Å². The first-order valence-electron chi connectivity index (χ1n) is 8.99. The van der Waals surface area contributed by atoms with Crippen molar-refractivity contribution in [2.24, 2.45) is 0 Å². The number of hydrogen-bond acceptors (Lipinski definition) is 5. The van der Waals surface area contributed by atoms with E-state index in [1.54, 1.807) is 6.07 Å². The van der Waals surface area contributed by atoms with Gasteiger partial charge in [0.2, 0.25) is 4.96 Å². The van der Waals surface area contributed by atoms with Crippen molar-refractivity contribution in [2.45, 2.75) is 26.3 Å². The summed E-state index contributed by atoms with van der Waals surface area (Å²) in [7, 11) is 0. The number of nitrogens with zero attached hydrogens (tertiary/aromatic N) is 4.